The van der Waals surface area contributed by atoms with Crippen LogP contribution in [-0.2, 0) is 11.3 Å². The molecule has 0 unspecified atom stereocenters. The molecular weight excluding hydrogens is 218 g/mol. The van der Waals surface area contributed by atoms with E-state index in [9.17, 15) is 4.79 Å². The molecular formula is C13H13NO3. The van der Waals surface area contributed by atoms with Crippen LogP contribution in [0.1, 0.15) is 27.7 Å². The molecule has 0 aliphatic heterocycles. The van der Waals surface area contributed by atoms with Gasteiger partial charge in [-0.25, -0.2) is 9.78 Å². The van der Waals surface area contributed by atoms with Gasteiger partial charge < -0.3 is 9.15 Å². The standard InChI is InChI=1S/C13H13NO3/c1-9-10(2)17-12(14-9)13(15)16-8-11-6-4-3-5-7-11/h3-7H,8H2,1-2H3. The lowest BCUT2D eigenvalue weighted by Crippen LogP contribution is -2.05. The minimum absolute atomic E-state index is 0.0101. The van der Waals surface area contributed by atoms with E-state index >= 15 is 0 Å². The van der Waals surface area contributed by atoms with Crippen molar-refractivity contribution in [3.8, 4) is 0 Å². The van der Waals surface area contributed by atoms with Crippen LogP contribution in [0, 0.1) is 13.8 Å². The van der Waals surface area contributed by atoms with Gasteiger partial charge in [-0.15, -0.1) is 0 Å². The van der Waals surface area contributed by atoms with Gasteiger partial charge in [0, 0.05) is 0 Å². The fourth-order valence-electron chi connectivity index (χ4n) is 1.34. The van der Waals surface area contributed by atoms with Crippen LogP contribution < -0.4 is 0 Å². The Hall–Kier alpha value is -2.10. The van der Waals surface area contributed by atoms with Crippen LogP contribution >= 0.6 is 0 Å². The average molecular weight is 231 g/mol. The SMILES string of the molecule is Cc1nc(C(=O)OCc2ccccc2)oc1C. The molecule has 0 N–H and O–H groups in total. The van der Waals surface area contributed by atoms with Crippen LogP contribution in [0.4, 0.5) is 0 Å². The minimum atomic E-state index is -0.537. The van der Waals surface area contributed by atoms with Crippen LogP contribution in [0.15, 0.2) is 34.7 Å². The highest BCUT2D eigenvalue weighted by Gasteiger charge is 2.15. The van der Waals surface area contributed by atoms with Crippen molar-refractivity contribution in [2.24, 2.45) is 0 Å². The topological polar surface area (TPSA) is 52.3 Å². The Balaban J connectivity index is 1.98. The van der Waals surface area contributed by atoms with Crippen molar-refractivity contribution < 1.29 is 13.9 Å². The third-order valence-electron chi connectivity index (χ3n) is 2.42. The quantitative estimate of drug-likeness (QED) is 0.762. The molecule has 2 rings (SSSR count). The number of carbonyl (C=O) groups is 1. The van der Waals surface area contributed by atoms with Gasteiger partial charge in [0.05, 0.1) is 5.69 Å². The molecule has 4 nitrogen and oxygen atoms in total. The fourth-order valence-corrected chi connectivity index (χ4v) is 1.34. The monoisotopic (exact) mass is 231 g/mol. The van der Waals surface area contributed by atoms with Gasteiger partial charge >= 0.3 is 11.9 Å². The maximum atomic E-state index is 11.6. The number of nitrogens with zero attached hydrogens (tertiary/aromatic N) is 1. The first-order chi connectivity index (χ1) is 8.16. The second kappa shape index (κ2) is 4.82. The van der Waals surface area contributed by atoms with Crippen molar-refractivity contribution in [2.75, 3.05) is 0 Å². The van der Waals surface area contributed by atoms with E-state index in [0.717, 1.165) is 5.56 Å². The molecule has 0 bridgehead atoms. The minimum Gasteiger partial charge on any atom is -0.454 e. The number of rotatable bonds is 3. The van der Waals surface area contributed by atoms with Gasteiger partial charge in [0.1, 0.15) is 12.4 Å². The molecule has 4 heteroatoms. The summed E-state index contributed by atoms with van der Waals surface area (Å²) in [6.07, 6.45) is 0. The summed E-state index contributed by atoms with van der Waals surface area (Å²) in [5.41, 5.74) is 1.64. The first-order valence-corrected chi connectivity index (χ1v) is 5.32. The molecule has 0 aliphatic rings. The van der Waals surface area contributed by atoms with Crippen molar-refractivity contribution in [1.29, 1.82) is 0 Å². The summed E-state index contributed by atoms with van der Waals surface area (Å²) < 4.78 is 10.3. The van der Waals surface area contributed by atoms with Gasteiger partial charge in [-0.3, -0.25) is 0 Å². The number of aryl methyl sites for hydroxylation is 2. The van der Waals surface area contributed by atoms with Gasteiger partial charge in [-0.2, -0.15) is 0 Å². The molecule has 1 aromatic heterocycles. The van der Waals surface area contributed by atoms with Crippen molar-refractivity contribution >= 4 is 5.97 Å². The molecule has 0 fully saturated rings. The second-order valence-electron chi connectivity index (χ2n) is 3.72. The number of esters is 1. The Morgan fingerprint density at radius 1 is 1.29 bits per heavy atom. The molecule has 88 valence electrons. The first-order valence-electron chi connectivity index (χ1n) is 5.32. The lowest BCUT2D eigenvalue weighted by molar-refractivity contribution is 0.0425. The third-order valence-corrected chi connectivity index (χ3v) is 2.42. The van der Waals surface area contributed by atoms with Crippen LogP contribution in [0.25, 0.3) is 0 Å². The summed E-state index contributed by atoms with van der Waals surface area (Å²) in [5, 5.41) is 0. The molecule has 0 aliphatic carbocycles. The highest BCUT2D eigenvalue weighted by Crippen LogP contribution is 2.10. The van der Waals surface area contributed by atoms with E-state index in [4.69, 9.17) is 9.15 Å². The number of benzene rings is 1. The molecule has 0 saturated carbocycles. The van der Waals surface area contributed by atoms with Crippen molar-refractivity contribution in [3.63, 3.8) is 0 Å². The Kier molecular flexibility index (Phi) is 3.23. The summed E-state index contributed by atoms with van der Waals surface area (Å²) in [6.45, 7) is 3.77. The Labute approximate surface area is 99.2 Å². The molecule has 1 heterocycles. The van der Waals surface area contributed by atoms with E-state index in [1.54, 1.807) is 13.8 Å². The summed E-state index contributed by atoms with van der Waals surface area (Å²) in [6, 6.07) is 9.47. The Bertz CT molecular complexity index is 497. The predicted octanol–water partition coefficient (Wildman–Crippen LogP) is 2.65. The summed E-state index contributed by atoms with van der Waals surface area (Å²) in [5.74, 6) is 0.109. The zero-order valence-electron chi connectivity index (χ0n) is 9.77. The smallest absolute Gasteiger partial charge is 0.394 e. The molecule has 0 spiro atoms. The molecule has 0 amide bonds. The Morgan fingerprint density at radius 2 is 2.00 bits per heavy atom. The molecule has 0 atom stereocenters. The van der Waals surface area contributed by atoms with E-state index in [2.05, 4.69) is 4.98 Å². The number of hydrogen-bond donors (Lipinski definition) is 0. The third kappa shape index (κ3) is 2.72. The molecule has 2 aromatic rings. The second-order valence-corrected chi connectivity index (χ2v) is 3.72. The highest BCUT2D eigenvalue weighted by atomic mass is 16.5. The molecule has 1 aromatic carbocycles. The molecule has 0 radical (unpaired) electrons. The fraction of sp³-hybridized carbons (Fsp3) is 0.231. The maximum absolute atomic E-state index is 11.6. The number of hydrogen-bond acceptors (Lipinski definition) is 4. The number of aromatic nitrogens is 1. The summed E-state index contributed by atoms with van der Waals surface area (Å²) in [4.78, 5) is 15.6. The van der Waals surface area contributed by atoms with E-state index in [1.165, 1.54) is 0 Å². The first kappa shape index (κ1) is 11.4. The summed E-state index contributed by atoms with van der Waals surface area (Å²) >= 11 is 0. The van der Waals surface area contributed by atoms with Gasteiger partial charge in [-0.1, -0.05) is 30.3 Å². The average Bonchev–Trinajstić information content (AvgIpc) is 2.68. The number of oxazole rings is 1. The van der Waals surface area contributed by atoms with Crippen molar-refractivity contribution in [2.45, 2.75) is 20.5 Å². The van der Waals surface area contributed by atoms with Gasteiger partial charge in [-0.05, 0) is 19.4 Å². The maximum Gasteiger partial charge on any atom is 0.394 e. The lowest BCUT2D eigenvalue weighted by atomic mass is 10.2. The van der Waals surface area contributed by atoms with E-state index < -0.39 is 5.97 Å². The van der Waals surface area contributed by atoms with Gasteiger partial charge in [0.2, 0.25) is 0 Å². The number of ether oxygens (including phenoxy) is 1. The van der Waals surface area contributed by atoms with E-state index in [1.807, 2.05) is 30.3 Å². The zero-order valence-corrected chi connectivity index (χ0v) is 9.77. The largest absolute Gasteiger partial charge is 0.454 e. The van der Waals surface area contributed by atoms with E-state index in [0.29, 0.717) is 11.5 Å². The predicted molar refractivity (Wildman–Crippen MR) is 61.5 cm³/mol. The lowest BCUT2D eigenvalue weighted by Gasteiger charge is -2.01. The van der Waals surface area contributed by atoms with Crippen molar-refractivity contribution in [3.05, 3.63) is 53.2 Å². The summed E-state index contributed by atoms with van der Waals surface area (Å²) in [7, 11) is 0. The van der Waals surface area contributed by atoms with Gasteiger partial charge in [0.15, 0.2) is 0 Å². The molecule has 0 saturated heterocycles. The molecule has 17 heavy (non-hydrogen) atoms. The van der Waals surface area contributed by atoms with Crippen LogP contribution in [-0.4, -0.2) is 11.0 Å². The van der Waals surface area contributed by atoms with Gasteiger partial charge in [0.25, 0.3) is 0 Å². The van der Waals surface area contributed by atoms with E-state index in [-0.39, 0.29) is 12.5 Å². The van der Waals surface area contributed by atoms with Crippen LogP contribution in [0.2, 0.25) is 0 Å². The normalized spacial score (nSPS) is 10.2. The highest BCUT2D eigenvalue weighted by molar-refractivity contribution is 5.84. The van der Waals surface area contributed by atoms with Crippen LogP contribution in [0.3, 0.4) is 0 Å². The van der Waals surface area contributed by atoms with Crippen LogP contribution in [0.5, 0.6) is 0 Å². The Morgan fingerprint density at radius 3 is 2.59 bits per heavy atom. The zero-order chi connectivity index (χ0) is 12.3. The van der Waals surface area contributed by atoms with Crippen molar-refractivity contribution in [1.82, 2.24) is 4.98 Å². The number of carbonyl (C=O) groups excluding carboxylic acids is 1.